The molecule has 0 radical (unpaired) electrons. The Kier molecular flexibility index (Phi) is 7.89. The van der Waals surface area contributed by atoms with Crippen LogP contribution in [0.25, 0.3) is 0 Å². The van der Waals surface area contributed by atoms with E-state index in [1.165, 1.54) is 6.08 Å². The highest BCUT2D eigenvalue weighted by molar-refractivity contribution is 6.35. The van der Waals surface area contributed by atoms with Gasteiger partial charge in [0.2, 0.25) is 0 Å². The molecule has 7 heteroatoms. The summed E-state index contributed by atoms with van der Waals surface area (Å²) >= 11 is 12.1. The van der Waals surface area contributed by atoms with Crippen LogP contribution in [0, 0.1) is 0 Å². The van der Waals surface area contributed by atoms with Gasteiger partial charge in [-0.1, -0.05) is 41.4 Å². The van der Waals surface area contributed by atoms with Gasteiger partial charge in [-0.15, -0.1) is 0 Å². The molecule has 0 amide bonds. The van der Waals surface area contributed by atoms with Crippen molar-refractivity contribution in [3.8, 4) is 5.75 Å². The van der Waals surface area contributed by atoms with Gasteiger partial charge in [0.15, 0.2) is 5.78 Å². The van der Waals surface area contributed by atoms with Gasteiger partial charge in [-0.05, 0) is 48.5 Å². The molecule has 1 fully saturated rings. The molecular formula is C26H24Cl2N2O3. The molecule has 0 saturated carbocycles. The van der Waals surface area contributed by atoms with Crippen molar-refractivity contribution in [3.63, 3.8) is 0 Å². The summed E-state index contributed by atoms with van der Waals surface area (Å²) in [7, 11) is 0. The van der Waals surface area contributed by atoms with E-state index in [0.29, 0.717) is 28.0 Å². The van der Waals surface area contributed by atoms with Crippen LogP contribution in [0.15, 0.2) is 79.0 Å². The predicted molar refractivity (Wildman–Crippen MR) is 134 cm³/mol. The maximum atomic E-state index is 12.6. The lowest BCUT2D eigenvalue weighted by Gasteiger charge is -2.30. The maximum absolute atomic E-state index is 12.6. The molecule has 0 aromatic heterocycles. The van der Waals surface area contributed by atoms with E-state index in [4.69, 9.17) is 32.7 Å². The van der Waals surface area contributed by atoms with E-state index in [1.807, 2.05) is 24.3 Å². The van der Waals surface area contributed by atoms with Gasteiger partial charge < -0.3 is 19.7 Å². The van der Waals surface area contributed by atoms with Crippen molar-refractivity contribution < 1.29 is 14.3 Å². The minimum atomic E-state index is -0.0985. The van der Waals surface area contributed by atoms with Crippen LogP contribution < -0.4 is 15.0 Å². The van der Waals surface area contributed by atoms with Crippen molar-refractivity contribution in [2.45, 2.75) is 6.61 Å². The molecule has 0 atom stereocenters. The second-order valence-electron chi connectivity index (χ2n) is 7.51. The molecule has 0 aliphatic carbocycles. The molecule has 33 heavy (non-hydrogen) atoms. The van der Waals surface area contributed by atoms with Crippen LogP contribution in [0.4, 0.5) is 11.4 Å². The highest BCUT2D eigenvalue weighted by Gasteiger charge is 2.14. The summed E-state index contributed by atoms with van der Waals surface area (Å²) in [5, 5.41) is 4.38. The summed E-state index contributed by atoms with van der Waals surface area (Å²) in [6.45, 7) is 3.44. The molecule has 1 heterocycles. The third kappa shape index (κ3) is 6.29. The Balaban J connectivity index is 1.33. The SMILES string of the molecule is O=C(/C=C/Nc1ccccc1N1CCOCC1)c1ccc(OCc2ccc(Cl)cc2Cl)cc1. The van der Waals surface area contributed by atoms with Gasteiger partial charge >= 0.3 is 0 Å². The van der Waals surface area contributed by atoms with Crippen molar-refractivity contribution in [2.24, 2.45) is 0 Å². The minimum absolute atomic E-state index is 0.0985. The molecule has 0 spiro atoms. The number of rotatable bonds is 8. The summed E-state index contributed by atoms with van der Waals surface area (Å²) in [5.74, 6) is 0.553. The highest BCUT2D eigenvalue weighted by Crippen LogP contribution is 2.26. The molecule has 5 nitrogen and oxygen atoms in total. The van der Waals surface area contributed by atoms with Gasteiger partial charge in [-0.2, -0.15) is 0 Å². The van der Waals surface area contributed by atoms with Gasteiger partial charge in [0.25, 0.3) is 0 Å². The summed E-state index contributed by atoms with van der Waals surface area (Å²) in [4.78, 5) is 14.8. The first-order valence-electron chi connectivity index (χ1n) is 10.7. The fourth-order valence-corrected chi connectivity index (χ4v) is 3.96. The van der Waals surface area contributed by atoms with Gasteiger partial charge in [0.05, 0.1) is 24.6 Å². The topological polar surface area (TPSA) is 50.8 Å². The molecule has 0 unspecified atom stereocenters. The number of nitrogens with one attached hydrogen (secondary N) is 1. The highest BCUT2D eigenvalue weighted by atomic mass is 35.5. The standard InChI is InChI=1S/C26H24Cl2N2O3/c27-21-8-5-20(23(28)17-21)18-33-22-9-6-19(7-10-22)26(31)11-12-29-24-3-1-2-4-25(24)30-13-15-32-16-14-30/h1-12,17,29H,13-16,18H2/b12-11+. The van der Waals surface area contributed by atoms with Crippen LogP contribution in [0.1, 0.15) is 15.9 Å². The third-order valence-corrected chi connectivity index (χ3v) is 5.86. The second-order valence-corrected chi connectivity index (χ2v) is 8.35. The molecule has 3 aromatic rings. The Labute approximate surface area is 203 Å². The number of benzene rings is 3. The summed E-state index contributed by atoms with van der Waals surface area (Å²) in [6.07, 6.45) is 3.20. The lowest BCUT2D eigenvalue weighted by atomic mass is 10.1. The molecule has 1 saturated heterocycles. The van der Waals surface area contributed by atoms with E-state index < -0.39 is 0 Å². The Bertz CT molecular complexity index is 1130. The zero-order valence-electron chi connectivity index (χ0n) is 18.0. The Hall–Kier alpha value is -2.99. The number of nitrogens with zero attached hydrogens (tertiary/aromatic N) is 1. The largest absolute Gasteiger partial charge is 0.489 e. The summed E-state index contributed by atoms with van der Waals surface area (Å²) in [6, 6.07) is 20.4. The number of carbonyl (C=O) groups excluding carboxylic acids is 1. The normalized spacial score (nSPS) is 13.8. The quantitative estimate of drug-likeness (QED) is 0.305. The van der Waals surface area contributed by atoms with E-state index in [9.17, 15) is 4.79 Å². The van der Waals surface area contributed by atoms with Crippen molar-refractivity contribution in [1.82, 2.24) is 0 Å². The van der Waals surface area contributed by atoms with E-state index >= 15 is 0 Å². The fraction of sp³-hybridized carbons (Fsp3) is 0.192. The predicted octanol–water partition coefficient (Wildman–Crippen LogP) is 6.22. The molecule has 0 bridgehead atoms. The zero-order valence-corrected chi connectivity index (χ0v) is 19.5. The van der Waals surface area contributed by atoms with E-state index in [-0.39, 0.29) is 5.78 Å². The molecule has 4 rings (SSSR count). The van der Waals surface area contributed by atoms with Crippen molar-refractivity contribution in [1.29, 1.82) is 0 Å². The molecule has 3 aromatic carbocycles. The van der Waals surface area contributed by atoms with E-state index in [1.54, 1.807) is 42.6 Å². The van der Waals surface area contributed by atoms with E-state index in [0.717, 1.165) is 43.2 Å². The molecule has 1 aliphatic heterocycles. The van der Waals surface area contributed by atoms with Crippen LogP contribution in [-0.4, -0.2) is 32.1 Å². The van der Waals surface area contributed by atoms with Crippen molar-refractivity contribution in [2.75, 3.05) is 36.5 Å². The number of para-hydroxylation sites is 2. The average molecular weight is 483 g/mol. The van der Waals surface area contributed by atoms with Crippen LogP contribution in [0.5, 0.6) is 5.75 Å². The first-order valence-corrected chi connectivity index (χ1v) is 11.4. The molecular weight excluding hydrogens is 459 g/mol. The Morgan fingerprint density at radius 1 is 1.03 bits per heavy atom. The molecule has 1 aliphatic rings. The van der Waals surface area contributed by atoms with Gasteiger partial charge in [0.1, 0.15) is 12.4 Å². The fourth-order valence-electron chi connectivity index (χ4n) is 3.49. The number of allylic oxidation sites excluding steroid dienone is 1. The monoisotopic (exact) mass is 482 g/mol. The number of hydrogen-bond acceptors (Lipinski definition) is 5. The van der Waals surface area contributed by atoms with Crippen LogP contribution in [-0.2, 0) is 11.3 Å². The first-order chi connectivity index (χ1) is 16.1. The van der Waals surface area contributed by atoms with Gasteiger partial charge in [-0.3, -0.25) is 4.79 Å². The number of halogens is 2. The lowest BCUT2D eigenvalue weighted by Crippen LogP contribution is -2.36. The first kappa shape index (κ1) is 23.2. The maximum Gasteiger partial charge on any atom is 0.187 e. The Morgan fingerprint density at radius 2 is 1.79 bits per heavy atom. The second kappa shape index (κ2) is 11.2. The number of carbonyl (C=O) groups is 1. The lowest BCUT2D eigenvalue weighted by molar-refractivity contribution is 0.104. The van der Waals surface area contributed by atoms with Crippen LogP contribution >= 0.6 is 23.2 Å². The number of morpholine rings is 1. The molecule has 1 N–H and O–H groups in total. The van der Waals surface area contributed by atoms with Gasteiger partial charge in [-0.25, -0.2) is 0 Å². The minimum Gasteiger partial charge on any atom is -0.489 e. The average Bonchev–Trinajstić information content (AvgIpc) is 2.84. The number of ketones is 1. The molecule has 170 valence electrons. The van der Waals surface area contributed by atoms with Crippen LogP contribution in [0.2, 0.25) is 10.0 Å². The van der Waals surface area contributed by atoms with Crippen molar-refractivity contribution >= 4 is 40.4 Å². The number of hydrogen-bond donors (Lipinski definition) is 1. The number of ether oxygens (including phenoxy) is 2. The number of anilines is 2. The smallest absolute Gasteiger partial charge is 0.187 e. The third-order valence-electron chi connectivity index (χ3n) is 5.28. The van der Waals surface area contributed by atoms with E-state index in [2.05, 4.69) is 16.3 Å². The Morgan fingerprint density at radius 3 is 2.55 bits per heavy atom. The van der Waals surface area contributed by atoms with Crippen molar-refractivity contribution in [3.05, 3.63) is 100 Å². The van der Waals surface area contributed by atoms with Gasteiger partial charge in [0, 0.05) is 46.5 Å². The summed E-state index contributed by atoms with van der Waals surface area (Å²) < 4.78 is 11.2. The van der Waals surface area contributed by atoms with Crippen LogP contribution in [0.3, 0.4) is 0 Å². The summed E-state index contributed by atoms with van der Waals surface area (Å²) in [5.41, 5.74) is 3.47. The zero-order chi connectivity index (χ0) is 23.0.